The van der Waals surface area contributed by atoms with E-state index in [9.17, 15) is 18.0 Å². The van der Waals surface area contributed by atoms with Gasteiger partial charge < -0.3 is 9.64 Å². The summed E-state index contributed by atoms with van der Waals surface area (Å²) in [5.41, 5.74) is 0.633. The van der Waals surface area contributed by atoms with Gasteiger partial charge in [0.2, 0.25) is 16.1 Å². The number of carbonyl (C=O) groups excluding carboxylic acids is 2. The fraction of sp³-hybridized carbons (Fsp3) is 0.250. The third-order valence-corrected chi connectivity index (χ3v) is 5.40. The van der Waals surface area contributed by atoms with E-state index in [-0.39, 0.29) is 23.4 Å². The van der Waals surface area contributed by atoms with Gasteiger partial charge in [-0.25, -0.2) is 17.9 Å². The second kappa shape index (κ2) is 9.82. The zero-order valence-corrected chi connectivity index (χ0v) is 16.8. The molecule has 0 aromatic heterocycles. The maximum atomic E-state index is 12.5. The Morgan fingerprint density at radius 2 is 1.72 bits per heavy atom. The van der Waals surface area contributed by atoms with Crippen LogP contribution in [0.15, 0.2) is 59.5 Å². The monoisotopic (exact) mass is 415 g/mol. The molecule has 0 spiro atoms. The maximum absolute atomic E-state index is 12.5. The Morgan fingerprint density at radius 1 is 1.10 bits per heavy atom. The van der Waals surface area contributed by atoms with Crippen LogP contribution in [-0.2, 0) is 19.6 Å². The summed E-state index contributed by atoms with van der Waals surface area (Å²) in [7, 11) is -0.659. The number of rotatable bonds is 8. The molecule has 0 saturated carbocycles. The van der Waals surface area contributed by atoms with Gasteiger partial charge in [-0.2, -0.15) is 5.26 Å². The van der Waals surface area contributed by atoms with Crippen LogP contribution in [0, 0.1) is 11.3 Å². The van der Waals surface area contributed by atoms with E-state index in [1.165, 1.54) is 29.2 Å². The van der Waals surface area contributed by atoms with Crippen molar-refractivity contribution in [3.63, 3.8) is 0 Å². The van der Waals surface area contributed by atoms with E-state index >= 15 is 0 Å². The van der Waals surface area contributed by atoms with Gasteiger partial charge in [-0.15, -0.1) is 0 Å². The van der Waals surface area contributed by atoms with Crippen molar-refractivity contribution in [2.75, 3.05) is 20.6 Å². The molecule has 0 aliphatic heterocycles. The summed E-state index contributed by atoms with van der Waals surface area (Å²) < 4.78 is 32.0. The normalized spacial score (nSPS) is 11.9. The molecule has 2 aromatic rings. The summed E-state index contributed by atoms with van der Waals surface area (Å²) in [6.07, 6.45) is -1.07. The van der Waals surface area contributed by atoms with Crippen molar-refractivity contribution in [2.24, 2.45) is 0 Å². The fourth-order valence-electron chi connectivity index (χ4n) is 2.39. The van der Waals surface area contributed by atoms with Crippen molar-refractivity contribution < 1.29 is 22.7 Å². The lowest BCUT2D eigenvalue weighted by atomic mass is 10.1. The number of ether oxygens (including phenoxy) is 1. The predicted octanol–water partition coefficient (Wildman–Crippen LogP) is 1.86. The summed E-state index contributed by atoms with van der Waals surface area (Å²) in [4.78, 5) is 26.3. The molecule has 2 rings (SSSR count). The Kier molecular flexibility index (Phi) is 7.47. The Balaban J connectivity index is 2.18. The average Bonchev–Trinajstić information content (AvgIpc) is 2.72. The van der Waals surface area contributed by atoms with Crippen LogP contribution < -0.4 is 4.72 Å². The molecular formula is C20H21N3O5S. The van der Waals surface area contributed by atoms with Crippen LogP contribution in [0.25, 0.3) is 0 Å². The number of hydrogen-bond acceptors (Lipinski definition) is 6. The number of hydrogen-bond donors (Lipinski definition) is 1. The first-order chi connectivity index (χ1) is 13.8. The van der Waals surface area contributed by atoms with Crippen LogP contribution in [0.3, 0.4) is 0 Å². The highest BCUT2D eigenvalue weighted by atomic mass is 32.2. The number of amides is 1. The summed E-state index contributed by atoms with van der Waals surface area (Å²) in [6.45, 7) is -0.00592. The van der Waals surface area contributed by atoms with Crippen molar-refractivity contribution in [3.05, 3.63) is 65.7 Å². The Labute approximate surface area is 169 Å². The first kappa shape index (κ1) is 22.1. The topological polar surface area (TPSA) is 117 Å². The molecule has 0 saturated heterocycles. The Bertz CT molecular complexity index is 997. The largest absolute Gasteiger partial charge is 0.444 e. The van der Waals surface area contributed by atoms with E-state index in [0.717, 1.165) is 0 Å². The molecule has 1 unspecified atom stereocenters. The molecule has 152 valence electrons. The van der Waals surface area contributed by atoms with Crippen LogP contribution >= 0.6 is 0 Å². The zero-order valence-electron chi connectivity index (χ0n) is 16.0. The SMILES string of the molecule is CN(C)C(=O)C(OC(=O)c1ccc(S(=O)(=O)NCCC#N)cc1)c1ccccc1. The molecule has 2 aromatic carbocycles. The van der Waals surface area contributed by atoms with Gasteiger partial charge in [-0.05, 0) is 24.3 Å². The highest BCUT2D eigenvalue weighted by molar-refractivity contribution is 7.89. The molecular weight excluding hydrogens is 394 g/mol. The number of nitrogens with one attached hydrogen (secondary N) is 1. The van der Waals surface area contributed by atoms with E-state index < -0.39 is 28.0 Å². The maximum Gasteiger partial charge on any atom is 0.339 e. The third-order valence-electron chi connectivity index (χ3n) is 3.92. The van der Waals surface area contributed by atoms with E-state index in [2.05, 4.69) is 4.72 Å². The second-order valence-corrected chi connectivity index (χ2v) is 8.03. The molecule has 0 radical (unpaired) electrons. The van der Waals surface area contributed by atoms with Gasteiger partial charge in [0.05, 0.1) is 16.5 Å². The van der Waals surface area contributed by atoms with Crippen molar-refractivity contribution in [2.45, 2.75) is 17.4 Å². The highest BCUT2D eigenvalue weighted by Gasteiger charge is 2.27. The standard InChI is InChI=1S/C20H21N3O5S/c1-23(2)19(24)18(15-7-4-3-5-8-15)28-20(25)16-9-11-17(12-10-16)29(26,27)22-14-6-13-21/h3-5,7-12,18,22H,6,14H2,1-2H3. The summed E-state index contributed by atoms with van der Waals surface area (Å²) in [5.74, 6) is -1.15. The van der Waals surface area contributed by atoms with E-state index in [4.69, 9.17) is 10.00 Å². The number of nitrogens with zero attached hydrogens (tertiary/aromatic N) is 2. The van der Waals surface area contributed by atoms with E-state index in [0.29, 0.717) is 5.56 Å². The zero-order chi connectivity index (χ0) is 21.4. The highest BCUT2D eigenvalue weighted by Crippen LogP contribution is 2.22. The van der Waals surface area contributed by atoms with Crippen LogP contribution in [0.2, 0.25) is 0 Å². The number of likely N-dealkylation sites (N-methyl/N-ethyl adjacent to an activating group) is 1. The molecule has 0 bridgehead atoms. The van der Waals surface area contributed by atoms with Crippen LogP contribution in [0.5, 0.6) is 0 Å². The minimum Gasteiger partial charge on any atom is -0.444 e. The second-order valence-electron chi connectivity index (χ2n) is 6.26. The van der Waals surface area contributed by atoms with Gasteiger partial charge >= 0.3 is 5.97 Å². The van der Waals surface area contributed by atoms with Crippen LogP contribution in [0.4, 0.5) is 0 Å². The Morgan fingerprint density at radius 3 is 2.28 bits per heavy atom. The molecule has 8 nitrogen and oxygen atoms in total. The lowest BCUT2D eigenvalue weighted by Crippen LogP contribution is -2.31. The fourth-order valence-corrected chi connectivity index (χ4v) is 3.43. The van der Waals surface area contributed by atoms with Crippen LogP contribution in [0.1, 0.15) is 28.4 Å². The van der Waals surface area contributed by atoms with Crippen molar-refractivity contribution in [1.29, 1.82) is 5.26 Å². The van der Waals surface area contributed by atoms with E-state index in [1.54, 1.807) is 44.4 Å². The van der Waals surface area contributed by atoms with Crippen LogP contribution in [-0.4, -0.2) is 45.8 Å². The third kappa shape index (κ3) is 5.88. The quantitative estimate of drug-likeness (QED) is 0.520. The number of benzene rings is 2. The molecule has 0 heterocycles. The minimum atomic E-state index is -3.78. The molecule has 9 heteroatoms. The first-order valence-corrected chi connectivity index (χ1v) is 10.2. The van der Waals surface area contributed by atoms with Crippen molar-refractivity contribution in [1.82, 2.24) is 9.62 Å². The smallest absolute Gasteiger partial charge is 0.339 e. The lowest BCUT2D eigenvalue weighted by Gasteiger charge is -2.21. The molecule has 0 aliphatic carbocycles. The predicted molar refractivity (Wildman–Crippen MR) is 105 cm³/mol. The van der Waals surface area contributed by atoms with Gasteiger partial charge in [0.25, 0.3) is 5.91 Å². The molecule has 1 atom stereocenters. The first-order valence-electron chi connectivity index (χ1n) is 8.70. The average molecular weight is 415 g/mol. The van der Waals surface area contributed by atoms with Crippen molar-refractivity contribution in [3.8, 4) is 6.07 Å². The number of carbonyl (C=O) groups is 2. The summed E-state index contributed by atoms with van der Waals surface area (Å²) >= 11 is 0. The molecule has 29 heavy (non-hydrogen) atoms. The summed E-state index contributed by atoms with van der Waals surface area (Å²) in [5, 5.41) is 8.50. The summed E-state index contributed by atoms with van der Waals surface area (Å²) in [6, 6.07) is 15.6. The Hall–Kier alpha value is -3.22. The molecule has 0 aliphatic rings. The van der Waals surface area contributed by atoms with Gasteiger partial charge in [-0.3, -0.25) is 4.79 Å². The van der Waals surface area contributed by atoms with Gasteiger partial charge in [-0.1, -0.05) is 30.3 Å². The minimum absolute atomic E-state index is 0.00592. The molecule has 0 fully saturated rings. The van der Waals surface area contributed by atoms with Crippen molar-refractivity contribution >= 4 is 21.9 Å². The molecule has 1 N–H and O–H groups in total. The van der Waals surface area contributed by atoms with Gasteiger partial charge in [0.15, 0.2) is 0 Å². The van der Waals surface area contributed by atoms with Gasteiger partial charge in [0, 0.05) is 32.6 Å². The lowest BCUT2D eigenvalue weighted by molar-refractivity contribution is -0.138. The van der Waals surface area contributed by atoms with Gasteiger partial charge in [0.1, 0.15) is 0 Å². The number of sulfonamides is 1. The van der Waals surface area contributed by atoms with E-state index in [1.807, 2.05) is 6.07 Å². The number of esters is 1. The molecule has 1 amide bonds. The number of nitriles is 1.